The Hall–Kier alpha value is -3.00. The summed E-state index contributed by atoms with van der Waals surface area (Å²) in [4.78, 5) is 23.4. The molecule has 3 aromatic rings. The third-order valence-electron chi connectivity index (χ3n) is 4.70. The lowest BCUT2D eigenvalue weighted by atomic mass is 10.1. The zero-order valence-corrected chi connectivity index (χ0v) is 17.9. The van der Waals surface area contributed by atoms with E-state index >= 15 is 0 Å². The minimum atomic E-state index is -0.448. The first-order valence-corrected chi connectivity index (χ1v) is 10.5. The Labute approximate surface area is 178 Å². The minimum Gasteiger partial charge on any atom is -0.356 e. The van der Waals surface area contributed by atoms with Gasteiger partial charge in [0.2, 0.25) is 5.91 Å². The number of Topliss-reactive ketones (excluding diaryl/α,β-unsaturated/α-hetero) is 1. The minimum absolute atomic E-state index is 0.129. The molecule has 0 saturated heterocycles. The van der Waals surface area contributed by atoms with Crippen LogP contribution in [0.25, 0.3) is 11.4 Å². The van der Waals surface area contributed by atoms with Crippen molar-refractivity contribution in [2.45, 2.75) is 25.4 Å². The van der Waals surface area contributed by atoms with Crippen molar-refractivity contribution in [3.8, 4) is 11.4 Å². The zero-order chi connectivity index (χ0) is 21.7. The van der Waals surface area contributed by atoms with Gasteiger partial charge in [-0.3, -0.25) is 9.59 Å². The van der Waals surface area contributed by atoms with Gasteiger partial charge < -0.3 is 9.88 Å². The van der Waals surface area contributed by atoms with Gasteiger partial charge in [0.15, 0.2) is 16.8 Å². The maximum Gasteiger partial charge on any atom is 0.216 e. The van der Waals surface area contributed by atoms with Gasteiger partial charge in [0.1, 0.15) is 5.82 Å². The van der Waals surface area contributed by atoms with Gasteiger partial charge in [-0.15, -0.1) is 10.2 Å². The first kappa shape index (κ1) is 21.7. The fourth-order valence-corrected chi connectivity index (χ4v) is 3.81. The molecule has 0 bridgehead atoms. The molecule has 0 aliphatic rings. The number of aromatic nitrogens is 3. The molecule has 0 fully saturated rings. The number of ketones is 1. The molecule has 2 aromatic carbocycles. The number of carbonyl (C=O) groups is 2. The third-order valence-corrected chi connectivity index (χ3v) is 5.72. The molecule has 0 spiro atoms. The highest BCUT2D eigenvalue weighted by Crippen LogP contribution is 2.25. The second-order valence-corrected chi connectivity index (χ2v) is 7.87. The van der Waals surface area contributed by atoms with Gasteiger partial charge in [-0.1, -0.05) is 48.2 Å². The Kier molecular flexibility index (Phi) is 6.99. The number of rotatable bonds is 8. The van der Waals surface area contributed by atoms with Crippen LogP contribution in [0.2, 0.25) is 0 Å². The van der Waals surface area contributed by atoms with Gasteiger partial charge >= 0.3 is 0 Å². The van der Waals surface area contributed by atoms with Crippen LogP contribution in [-0.4, -0.2) is 38.8 Å². The Morgan fingerprint density at radius 2 is 1.93 bits per heavy atom. The van der Waals surface area contributed by atoms with E-state index in [0.717, 1.165) is 17.0 Å². The van der Waals surface area contributed by atoms with Crippen molar-refractivity contribution in [1.82, 2.24) is 20.1 Å². The number of thioether (sulfide) groups is 1. The van der Waals surface area contributed by atoms with Crippen molar-refractivity contribution >= 4 is 23.5 Å². The van der Waals surface area contributed by atoms with Crippen LogP contribution in [0.1, 0.15) is 28.4 Å². The third kappa shape index (κ3) is 5.13. The smallest absolute Gasteiger partial charge is 0.216 e. The number of hydrogen-bond acceptors (Lipinski definition) is 5. The van der Waals surface area contributed by atoms with Crippen molar-refractivity contribution in [1.29, 1.82) is 0 Å². The van der Waals surface area contributed by atoms with Crippen molar-refractivity contribution in [3.63, 3.8) is 0 Å². The number of amides is 1. The Balaban J connectivity index is 1.64. The first-order chi connectivity index (χ1) is 14.4. The van der Waals surface area contributed by atoms with Gasteiger partial charge in [0, 0.05) is 31.6 Å². The van der Waals surface area contributed by atoms with Crippen molar-refractivity contribution in [3.05, 3.63) is 65.0 Å². The lowest BCUT2D eigenvalue weighted by Crippen LogP contribution is -2.22. The van der Waals surface area contributed by atoms with E-state index in [2.05, 4.69) is 15.5 Å². The highest BCUT2D eigenvalue weighted by molar-refractivity contribution is 7.99. The predicted molar refractivity (Wildman–Crippen MR) is 115 cm³/mol. The van der Waals surface area contributed by atoms with Gasteiger partial charge in [0.25, 0.3) is 0 Å². The van der Waals surface area contributed by atoms with Crippen LogP contribution in [0, 0.1) is 12.7 Å². The fourth-order valence-electron chi connectivity index (χ4n) is 3.01. The van der Waals surface area contributed by atoms with Crippen LogP contribution >= 0.6 is 11.8 Å². The van der Waals surface area contributed by atoms with E-state index in [-0.39, 0.29) is 17.4 Å². The normalized spacial score (nSPS) is 10.8. The Bertz CT molecular complexity index is 1080. The molecule has 0 radical (unpaired) electrons. The number of aryl methyl sites for hydroxylation is 1. The van der Waals surface area contributed by atoms with E-state index in [1.807, 2.05) is 42.8 Å². The summed E-state index contributed by atoms with van der Waals surface area (Å²) in [5, 5.41) is 11.7. The number of benzene rings is 2. The molecule has 6 nitrogen and oxygen atoms in total. The standard InChI is InChI=1S/C22H23FN4O2S/c1-14-6-4-5-7-18(14)21-25-26-22(27(21)3)30-13-20(29)17-9-8-16(19(23)12-17)10-11-24-15(2)28/h4-9,12H,10-11,13H2,1-3H3,(H,24,28). The van der Waals surface area contributed by atoms with E-state index < -0.39 is 5.82 Å². The van der Waals surface area contributed by atoms with E-state index in [1.165, 1.54) is 24.8 Å². The summed E-state index contributed by atoms with van der Waals surface area (Å²) in [5.41, 5.74) is 2.85. The first-order valence-electron chi connectivity index (χ1n) is 9.51. The van der Waals surface area contributed by atoms with Gasteiger partial charge in [-0.25, -0.2) is 4.39 Å². The summed E-state index contributed by atoms with van der Waals surface area (Å²) in [6.07, 6.45) is 0.370. The second kappa shape index (κ2) is 9.67. The van der Waals surface area contributed by atoms with Gasteiger partial charge in [-0.05, 0) is 30.5 Å². The number of carbonyl (C=O) groups excluding carboxylic acids is 2. The highest BCUT2D eigenvalue weighted by atomic mass is 32.2. The molecule has 3 rings (SSSR count). The number of nitrogens with zero attached hydrogens (tertiary/aromatic N) is 3. The van der Waals surface area contributed by atoms with Gasteiger partial charge in [0.05, 0.1) is 5.75 Å². The molecule has 0 atom stereocenters. The average Bonchev–Trinajstić information content (AvgIpc) is 3.07. The Morgan fingerprint density at radius 1 is 1.17 bits per heavy atom. The van der Waals surface area contributed by atoms with Crippen LogP contribution in [0.3, 0.4) is 0 Å². The summed E-state index contributed by atoms with van der Waals surface area (Å²) in [5.74, 6) is 0.0698. The molecule has 0 aliphatic heterocycles. The molecular weight excluding hydrogens is 403 g/mol. The average molecular weight is 427 g/mol. The summed E-state index contributed by atoms with van der Waals surface area (Å²) >= 11 is 1.27. The molecule has 1 heterocycles. The molecule has 8 heteroatoms. The maximum atomic E-state index is 14.3. The monoisotopic (exact) mass is 426 g/mol. The molecule has 1 N–H and O–H groups in total. The van der Waals surface area contributed by atoms with Crippen LogP contribution in [0.5, 0.6) is 0 Å². The molecular formula is C22H23FN4O2S. The lowest BCUT2D eigenvalue weighted by molar-refractivity contribution is -0.118. The lowest BCUT2D eigenvalue weighted by Gasteiger charge is -2.07. The topological polar surface area (TPSA) is 76.9 Å². The zero-order valence-electron chi connectivity index (χ0n) is 17.1. The fraction of sp³-hybridized carbons (Fsp3) is 0.273. The van der Waals surface area contributed by atoms with Crippen LogP contribution in [0.15, 0.2) is 47.6 Å². The number of halogens is 1. The van der Waals surface area contributed by atoms with Crippen molar-refractivity contribution < 1.29 is 14.0 Å². The SMILES string of the molecule is CC(=O)NCCc1ccc(C(=O)CSc2nnc(-c3ccccc3C)n2C)cc1F. The molecule has 1 aromatic heterocycles. The number of hydrogen-bond donors (Lipinski definition) is 1. The van der Waals surface area contributed by atoms with Crippen LogP contribution < -0.4 is 5.32 Å². The second-order valence-electron chi connectivity index (χ2n) is 6.93. The number of nitrogens with one attached hydrogen (secondary N) is 1. The summed E-state index contributed by atoms with van der Waals surface area (Å²) in [6.45, 7) is 3.77. The Morgan fingerprint density at radius 3 is 2.63 bits per heavy atom. The maximum absolute atomic E-state index is 14.3. The van der Waals surface area contributed by atoms with Crippen LogP contribution in [-0.2, 0) is 18.3 Å². The van der Waals surface area contributed by atoms with Crippen LogP contribution in [0.4, 0.5) is 4.39 Å². The predicted octanol–water partition coefficient (Wildman–Crippen LogP) is 3.58. The van der Waals surface area contributed by atoms with Crippen molar-refractivity contribution in [2.75, 3.05) is 12.3 Å². The van der Waals surface area contributed by atoms with E-state index in [1.54, 1.807) is 12.1 Å². The largest absolute Gasteiger partial charge is 0.356 e. The molecule has 156 valence electrons. The quantitative estimate of drug-likeness (QED) is 0.440. The molecule has 30 heavy (non-hydrogen) atoms. The highest BCUT2D eigenvalue weighted by Gasteiger charge is 2.16. The summed E-state index contributed by atoms with van der Waals surface area (Å²) in [7, 11) is 1.86. The summed E-state index contributed by atoms with van der Waals surface area (Å²) < 4.78 is 16.1. The van der Waals surface area contributed by atoms with E-state index in [0.29, 0.717) is 29.2 Å². The van der Waals surface area contributed by atoms with E-state index in [4.69, 9.17) is 0 Å². The molecule has 0 unspecified atom stereocenters. The van der Waals surface area contributed by atoms with E-state index in [9.17, 15) is 14.0 Å². The summed E-state index contributed by atoms with van der Waals surface area (Å²) in [6, 6.07) is 12.4. The van der Waals surface area contributed by atoms with Gasteiger partial charge in [-0.2, -0.15) is 0 Å². The molecule has 0 saturated carbocycles. The molecule has 1 amide bonds. The van der Waals surface area contributed by atoms with Crippen molar-refractivity contribution in [2.24, 2.45) is 7.05 Å². The molecule has 0 aliphatic carbocycles.